The first-order valence-electron chi connectivity index (χ1n) is 8.05. The Morgan fingerprint density at radius 2 is 1.83 bits per heavy atom. The normalized spacial score (nSPS) is 19.2. The lowest BCUT2D eigenvalue weighted by molar-refractivity contribution is 0.384. The monoisotopic (exact) mass is 371 g/mol. The molecule has 0 spiro atoms. The fraction of sp³-hybridized carbons (Fsp3) is 0.533. The summed E-state index contributed by atoms with van der Waals surface area (Å²) in [6.45, 7) is 2.98. The van der Waals surface area contributed by atoms with Gasteiger partial charge in [0, 0.05) is 43.3 Å². The zero-order valence-corrected chi connectivity index (χ0v) is 15.0. The minimum Gasteiger partial charge on any atom is -0.369 e. The third kappa shape index (κ3) is 4.38. The topological polar surface area (TPSA) is 77.0 Å². The Morgan fingerprint density at radius 1 is 1.12 bits per heavy atom. The third-order valence-corrected chi connectivity index (χ3v) is 6.43. The van der Waals surface area contributed by atoms with Crippen LogP contribution in [0.4, 0.5) is 5.69 Å². The van der Waals surface area contributed by atoms with E-state index >= 15 is 0 Å². The van der Waals surface area contributed by atoms with E-state index in [9.17, 15) is 8.42 Å². The molecular formula is C15H22ClN5O2S. The van der Waals surface area contributed by atoms with E-state index in [1.165, 1.54) is 0 Å². The lowest BCUT2D eigenvalue weighted by atomic mass is 10.2. The number of aliphatic imine (C=N–C) groups is 1. The van der Waals surface area contributed by atoms with E-state index in [1.807, 2.05) is 24.3 Å². The Hall–Kier alpha value is -1.35. The van der Waals surface area contributed by atoms with Crippen LogP contribution in [0.25, 0.3) is 0 Å². The first-order chi connectivity index (χ1) is 11.5. The van der Waals surface area contributed by atoms with E-state index in [0.29, 0.717) is 50.7 Å². The van der Waals surface area contributed by atoms with Crippen molar-refractivity contribution >= 4 is 33.1 Å². The molecule has 2 aliphatic rings. The quantitative estimate of drug-likeness (QED) is 0.781. The van der Waals surface area contributed by atoms with Crippen molar-refractivity contribution in [1.29, 1.82) is 0 Å². The molecule has 1 saturated heterocycles. The molecule has 1 aromatic rings. The minimum absolute atomic E-state index is 0.161. The summed E-state index contributed by atoms with van der Waals surface area (Å²) in [4.78, 5) is 6.37. The van der Waals surface area contributed by atoms with E-state index in [4.69, 9.17) is 11.6 Å². The second kappa shape index (κ2) is 7.69. The number of sulfonamides is 1. The van der Waals surface area contributed by atoms with Crippen LogP contribution in [0.5, 0.6) is 0 Å². The Kier molecular flexibility index (Phi) is 5.60. The van der Waals surface area contributed by atoms with Gasteiger partial charge in [0.15, 0.2) is 0 Å². The van der Waals surface area contributed by atoms with E-state index in [0.717, 1.165) is 11.5 Å². The van der Waals surface area contributed by atoms with Crippen molar-refractivity contribution in [3.05, 3.63) is 29.3 Å². The smallest absolute Gasteiger partial charge is 0.214 e. The summed E-state index contributed by atoms with van der Waals surface area (Å²) in [5, 5.41) is 0.705. The minimum atomic E-state index is -3.20. The van der Waals surface area contributed by atoms with Gasteiger partial charge in [0.1, 0.15) is 12.5 Å². The highest BCUT2D eigenvalue weighted by molar-refractivity contribution is 7.89. The number of hydrogen-bond donors (Lipinski definition) is 2. The van der Waals surface area contributed by atoms with Crippen molar-refractivity contribution < 1.29 is 8.42 Å². The van der Waals surface area contributed by atoms with Crippen LogP contribution in [-0.4, -0.2) is 57.2 Å². The van der Waals surface area contributed by atoms with Crippen LogP contribution in [0.15, 0.2) is 29.3 Å². The Bertz CT molecular complexity index is 684. The van der Waals surface area contributed by atoms with Gasteiger partial charge >= 0.3 is 0 Å². The van der Waals surface area contributed by atoms with Crippen LogP contribution in [0.1, 0.15) is 12.8 Å². The summed E-state index contributed by atoms with van der Waals surface area (Å²) < 4.78 is 26.5. The summed E-state index contributed by atoms with van der Waals surface area (Å²) in [7, 11) is -3.20. The predicted octanol–water partition coefficient (Wildman–Crippen LogP) is 1.04. The van der Waals surface area contributed by atoms with Crippen LogP contribution in [-0.2, 0) is 10.0 Å². The van der Waals surface area contributed by atoms with Crippen molar-refractivity contribution in [2.45, 2.75) is 12.8 Å². The molecule has 9 heteroatoms. The zero-order chi connectivity index (χ0) is 17.0. The van der Waals surface area contributed by atoms with E-state index in [2.05, 4.69) is 20.7 Å². The Balaban J connectivity index is 1.48. The summed E-state index contributed by atoms with van der Waals surface area (Å²) in [6, 6.07) is 7.65. The van der Waals surface area contributed by atoms with Crippen molar-refractivity contribution in [3.8, 4) is 0 Å². The first-order valence-corrected chi connectivity index (χ1v) is 10.0. The fourth-order valence-electron chi connectivity index (χ4n) is 2.89. The SMILES string of the molecule is O=S(=O)(CCCC1=NCNN1)N1CCN(c2ccc(Cl)cc2)CC1. The molecule has 2 aliphatic heterocycles. The standard InChI is InChI=1S/C15H22ClN5O2S/c16-13-3-5-14(6-4-13)20-7-9-21(10-8-20)24(22,23)11-1-2-15-17-12-18-19-15/h3-6,18H,1-2,7-12H2,(H,17,19). The van der Waals surface area contributed by atoms with Gasteiger partial charge in [-0.15, -0.1) is 0 Å². The largest absolute Gasteiger partial charge is 0.369 e. The van der Waals surface area contributed by atoms with Crippen LogP contribution < -0.4 is 15.8 Å². The predicted molar refractivity (Wildman–Crippen MR) is 96.8 cm³/mol. The van der Waals surface area contributed by atoms with Gasteiger partial charge in [0.05, 0.1) is 5.75 Å². The van der Waals surface area contributed by atoms with Gasteiger partial charge in [-0.3, -0.25) is 4.99 Å². The maximum atomic E-state index is 12.5. The second-order valence-electron chi connectivity index (χ2n) is 5.85. The molecule has 1 fully saturated rings. The molecule has 0 bridgehead atoms. The average molecular weight is 372 g/mol. The number of nitrogens with zero attached hydrogens (tertiary/aromatic N) is 3. The number of hydrogen-bond acceptors (Lipinski definition) is 6. The highest BCUT2D eigenvalue weighted by atomic mass is 35.5. The number of anilines is 1. The van der Waals surface area contributed by atoms with Crippen LogP contribution in [0.3, 0.4) is 0 Å². The van der Waals surface area contributed by atoms with E-state index in [-0.39, 0.29) is 5.75 Å². The van der Waals surface area contributed by atoms with Crippen molar-refractivity contribution in [3.63, 3.8) is 0 Å². The highest BCUT2D eigenvalue weighted by Gasteiger charge is 2.26. The van der Waals surface area contributed by atoms with Gasteiger partial charge in [-0.1, -0.05) is 11.6 Å². The van der Waals surface area contributed by atoms with Gasteiger partial charge in [-0.25, -0.2) is 13.8 Å². The Labute approximate surface area is 147 Å². The number of rotatable bonds is 6. The second-order valence-corrected chi connectivity index (χ2v) is 8.37. The van der Waals surface area contributed by atoms with Crippen LogP contribution in [0.2, 0.25) is 5.02 Å². The zero-order valence-electron chi connectivity index (χ0n) is 13.4. The lowest BCUT2D eigenvalue weighted by Crippen LogP contribution is -2.49. The number of benzene rings is 1. The molecule has 24 heavy (non-hydrogen) atoms. The number of amidine groups is 1. The molecule has 0 radical (unpaired) electrons. The van der Waals surface area contributed by atoms with Crippen LogP contribution >= 0.6 is 11.6 Å². The van der Waals surface area contributed by atoms with Gasteiger partial charge in [-0.05, 0) is 30.7 Å². The summed E-state index contributed by atoms with van der Waals surface area (Å²) in [6.07, 6.45) is 1.23. The Morgan fingerprint density at radius 3 is 2.46 bits per heavy atom. The summed E-state index contributed by atoms with van der Waals surface area (Å²) in [5.41, 5.74) is 6.88. The molecule has 1 aromatic carbocycles. The summed E-state index contributed by atoms with van der Waals surface area (Å²) >= 11 is 5.91. The molecule has 0 amide bonds. The van der Waals surface area contributed by atoms with Crippen molar-refractivity contribution in [1.82, 2.24) is 15.2 Å². The third-order valence-electron chi connectivity index (χ3n) is 4.22. The van der Waals surface area contributed by atoms with Gasteiger partial charge in [0.25, 0.3) is 0 Å². The van der Waals surface area contributed by atoms with Crippen molar-refractivity contribution in [2.75, 3.05) is 43.5 Å². The molecule has 3 rings (SSSR count). The molecule has 0 aliphatic carbocycles. The number of nitrogens with one attached hydrogen (secondary N) is 2. The molecule has 2 heterocycles. The molecule has 0 atom stereocenters. The van der Waals surface area contributed by atoms with Crippen LogP contribution in [0, 0.1) is 0 Å². The van der Waals surface area contributed by atoms with Gasteiger partial charge in [0.2, 0.25) is 10.0 Å². The average Bonchev–Trinajstić information content (AvgIpc) is 3.09. The highest BCUT2D eigenvalue weighted by Crippen LogP contribution is 2.20. The first kappa shape index (κ1) is 17.5. The van der Waals surface area contributed by atoms with Gasteiger partial charge < -0.3 is 10.3 Å². The number of piperazine rings is 1. The molecular weight excluding hydrogens is 350 g/mol. The summed E-state index contributed by atoms with van der Waals surface area (Å²) in [5.74, 6) is 0.993. The molecule has 132 valence electrons. The number of hydrazine groups is 1. The van der Waals surface area contributed by atoms with Crippen molar-refractivity contribution in [2.24, 2.45) is 4.99 Å². The number of halogens is 1. The van der Waals surface area contributed by atoms with E-state index < -0.39 is 10.0 Å². The molecule has 7 nitrogen and oxygen atoms in total. The molecule has 0 saturated carbocycles. The molecule has 0 unspecified atom stereocenters. The maximum absolute atomic E-state index is 12.5. The molecule has 0 aromatic heterocycles. The fourth-order valence-corrected chi connectivity index (χ4v) is 4.50. The van der Waals surface area contributed by atoms with Gasteiger partial charge in [-0.2, -0.15) is 4.31 Å². The molecule has 2 N–H and O–H groups in total. The maximum Gasteiger partial charge on any atom is 0.214 e. The van der Waals surface area contributed by atoms with E-state index in [1.54, 1.807) is 4.31 Å². The lowest BCUT2D eigenvalue weighted by Gasteiger charge is -2.35.